The molecule has 124 valence electrons. The molecule has 3 nitrogen and oxygen atoms in total. The third kappa shape index (κ3) is 3.88. The van der Waals surface area contributed by atoms with Crippen LogP contribution in [-0.2, 0) is 12.2 Å². The maximum atomic E-state index is 11.1. The SMILES string of the molecule is N#CCC(O)(c1ccccc1)c1ccc(OCc2ccccc2)cc1. The van der Waals surface area contributed by atoms with Crippen molar-refractivity contribution < 1.29 is 9.84 Å². The number of hydrogen-bond acceptors (Lipinski definition) is 3. The van der Waals surface area contributed by atoms with Crippen LogP contribution in [0.5, 0.6) is 5.75 Å². The Morgan fingerprint density at radius 3 is 1.96 bits per heavy atom. The molecule has 3 aromatic rings. The van der Waals surface area contributed by atoms with Gasteiger partial charge in [0.15, 0.2) is 0 Å². The average Bonchev–Trinajstić information content (AvgIpc) is 2.68. The number of nitrogens with zero attached hydrogens (tertiary/aromatic N) is 1. The zero-order chi connectivity index (χ0) is 17.5. The van der Waals surface area contributed by atoms with E-state index >= 15 is 0 Å². The van der Waals surface area contributed by atoms with Crippen LogP contribution < -0.4 is 4.74 Å². The molecule has 3 aromatic carbocycles. The summed E-state index contributed by atoms with van der Waals surface area (Å²) in [5.41, 5.74) is 1.15. The Bertz CT molecular complexity index is 839. The van der Waals surface area contributed by atoms with Crippen molar-refractivity contribution in [2.24, 2.45) is 0 Å². The first-order valence-electron chi connectivity index (χ1n) is 8.14. The van der Waals surface area contributed by atoms with Gasteiger partial charge in [-0.25, -0.2) is 0 Å². The zero-order valence-electron chi connectivity index (χ0n) is 13.8. The number of aliphatic hydroxyl groups is 1. The lowest BCUT2D eigenvalue weighted by atomic mass is 9.84. The van der Waals surface area contributed by atoms with Crippen LogP contribution in [0, 0.1) is 11.3 Å². The third-order valence-corrected chi connectivity index (χ3v) is 4.17. The van der Waals surface area contributed by atoms with Gasteiger partial charge in [-0.05, 0) is 28.8 Å². The number of ether oxygens (including phenoxy) is 1. The lowest BCUT2D eigenvalue weighted by Gasteiger charge is -2.27. The van der Waals surface area contributed by atoms with Crippen LogP contribution in [0.15, 0.2) is 84.9 Å². The molecule has 3 rings (SSSR count). The van der Waals surface area contributed by atoms with Crippen LogP contribution in [-0.4, -0.2) is 5.11 Å². The Kier molecular flexibility index (Phi) is 5.13. The highest BCUT2D eigenvalue weighted by atomic mass is 16.5. The smallest absolute Gasteiger partial charge is 0.128 e. The zero-order valence-corrected chi connectivity index (χ0v) is 13.8. The van der Waals surface area contributed by atoms with Gasteiger partial charge in [0.2, 0.25) is 0 Å². The van der Waals surface area contributed by atoms with Crippen molar-refractivity contribution in [3.05, 3.63) is 102 Å². The van der Waals surface area contributed by atoms with Gasteiger partial charge in [-0.2, -0.15) is 5.26 Å². The number of rotatable bonds is 6. The molecule has 0 aliphatic rings. The fourth-order valence-corrected chi connectivity index (χ4v) is 2.77. The summed E-state index contributed by atoms with van der Waals surface area (Å²) in [6.45, 7) is 0.487. The summed E-state index contributed by atoms with van der Waals surface area (Å²) in [4.78, 5) is 0. The Labute approximate surface area is 147 Å². The first-order valence-corrected chi connectivity index (χ1v) is 8.14. The minimum atomic E-state index is -1.33. The molecule has 0 aromatic heterocycles. The fourth-order valence-electron chi connectivity index (χ4n) is 2.77. The molecule has 25 heavy (non-hydrogen) atoms. The maximum Gasteiger partial charge on any atom is 0.128 e. The van der Waals surface area contributed by atoms with Crippen LogP contribution >= 0.6 is 0 Å². The van der Waals surface area contributed by atoms with Gasteiger partial charge in [0.1, 0.15) is 18.0 Å². The molecule has 0 saturated heterocycles. The molecule has 0 aliphatic carbocycles. The lowest BCUT2D eigenvalue weighted by molar-refractivity contribution is 0.0859. The molecule has 1 unspecified atom stereocenters. The molecule has 0 aliphatic heterocycles. The largest absolute Gasteiger partial charge is 0.489 e. The van der Waals surface area contributed by atoms with Crippen LogP contribution in [0.3, 0.4) is 0 Å². The minimum absolute atomic E-state index is 0.0127. The summed E-state index contributed by atoms with van der Waals surface area (Å²) in [5, 5.41) is 20.2. The third-order valence-electron chi connectivity index (χ3n) is 4.17. The lowest BCUT2D eigenvalue weighted by Crippen LogP contribution is -2.26. The highest BCUT2D eigenvalue weighted by Gasteiger charge is 2.31. The summed E-state index contributed by atoms with van der Waals surface area (Å²) in [5.74, 6) is 0.722. The van der Waals surface area contributed by atoms with E-state index in [9.17, 15) is 5.11 Å². The molecule has 1 N–H and O–H groups in total. The topological polar surface area (TPSA) is 53.2 Å². The van der Waals surface area contributed by atoms with E-state index in [2.05, 4.69) is 6.07 Å². The Morgan fingerprint density at radius 1 is 0.800 bits per heavy atom. The average molecular weight is 329 g/mol. The second kappa shape index (κ2) is 7.65. The predicted molar refractivity (Wildman–Crippen MR) is 96.9 cm³/mol. The normalized spacial score (nSPS) is 12.8. The summed E-state index contributed by atoms with van der Waals surface area (Å²) < 4.78 is 5.78. The van der Waals surface area contributed by atoms with E-state index in [4.69, 9.17) is 10.00 Å². The Morgan fingerprint density at radius 2 is 1.36 bits per heavy atom. The van der Waals surface area contributed by atoms with Crippen molar-refractivity contribution in [2.75, 3.05) is 0 Å². The van der Waals surface area contributed by atoms with Gasteiger partial charge in [0, 0.05) is 0 Å². The van der Waals surface area contributed by atoms with Crippen LogP contribution in [0.25, 0.3) is 0 Å². The van der Waals surface area contributed by atoms with E-state index in [1.807, 2.05) is 84.9 Å². The molecule has 0 radical (unpaired) electrons. The van der Waals surface area contributed by atoms with E-state index in [0.29, 0.717) is 17.7 Å². The quantitative estimate of drug-likeness (QED) is 0.728. The van der Waals surface area contributed by atoms with E-state index < -0.39 is 5.60 Å². The molecular formula is C22H19NO2. The second-order valence-corrected chi connectivity index (χ2v) is 5.86. The fraction of sp³-hybridized carbons (Fsp3) is 0.136. The van der Waals surface area contributed by atoms with Gasteiger partial charge in [0.05, 0.1) is 12.5 Å². The second-order valence-electron chi connectivity index (χ2n) is 5.86. The molecule has 3 heteroatoms. The number of nitriles is 1. The van der Waals surface area contributed by atoms with Crippen molar-refractivity contribution >= 4 is 0 Å². The van der Waals surface area contributed by atoms with Gasteiger partial charge >= 0.3 is 0 Å². The van der Waals surface area contributed by atoms with E-state index in [-0.39, 0.29) is 6.42 Å². The molecule has 0 heterocycles. The minimum Gasteiger partial charge on any atom is -0.489 e. The van der Waals surface area contributed by atoms with Gasteiger partial charge in [-0.3, -0.25) is 0 Å². The Hall–Kier alpha value is -3.09. The highest BCUT2D eigenvalue weighted by molar-refractivity contribution is 5.39. The van der Waals surface area contributed by atoms with E-state index in [0.717, 1.165) is 11.3 Å². The van der Waals surface area contributed by atoms with Crippen molar-refractivity contribution in [1.82, 2.24) is 0 Å². The molecule has 0 saturated carbocycles. The molecule has 0 spiro atoms. The summed E-state index contributed by atoms with van der Waals surface area (Å²) in [6, 6.07) is 28.6. The van der Waals surface area contributed by atoms with E-state index in [1.54, 1.807) is 0 Å². The Balaban J connectivity index is 1.79. The van der Waals surface area contributed by atoms with Gasteiger partial charge < -0.3 is 9.84 Å². The molecule has 1 atom stereocenters. The molecule has 0 amide bonds. The predicted octanol–water partition coefficient (Wildman–Crippen LogP) is 4.42. The summed E-state index contributed by atoms with van der Waals surface area (Å²) >= 11 is 0. The van der Waals surface area contributed by atoms with Crippen molar-refractivity contribution in [2.45, 2.75) is 18.6 Å². The summed E-state index contributed by atoms with van der Waals surface area (Å²) in [7, 11) is 0. The molecule has 0 bridgehead atoms. The highest BCUT2D eigenvalue weighted by Crippen LogP contribution is 2.33. The van der Waals surface area contributed by atoms with Crippen molar-refractivity contribution in [1.29, 1.82) is 5.26 Å². The first-order chi connectivity index (χ1) is 12.2. The standard InChI is InChI=1S/C22H19NO2/c23-16-15-22(24,19-9-5-2-6-10-19)20-11-13-21(14-12-20)25-17-18-7-3-1-4-8-18/h1-14,24H,15,17H2. The van der Waals surface area contributed by atoms with Gasteiger partial charge in [-0.15, -0.1) is 0 Å². The van der Waals surface area contributed by atoms with Gasteiger partial charge in [-0.1, -0.05) is 72.8 Å². The monoisotopic (exact) mass is 329 g/mol. The van der Waals surface area contributed by atoms with Gasteiger partial charge in [0.25, 0.3) is 0 Å². The van der Waals surface area contributed by atoms with Crippen LogP contribution in [0.1, 0.15) is 23.1 Å². The molecular weight excluding hydrogens is 310 g/mol. The summed E-state index contributed by atoms with van der Waals surface area (Å²) in [6.07, 6.45) is -0.0127. The van der Waals surface area contributed by atoms with Crippen LogP contribution in [0.4, 0.5) is 0 Å². The number of benzene rings is 3. The van der Waals surface area contributed by atoms with Crippen molar-refractivity contribution in [3.8, 4) is 11.8 Å². The number of hydrogen-bond donors (Lipinski definition) is 1. The van der Waals surface area contributed by atoms with Crippen LogP contribution in [0.2, 0.25) is 0 Å². The molecule has 0 fully saturated rings. The van der Waals surface area contributed by atoms with E-state index in [1.165, 1.54) is 0 Å². The maximum absolute atomic E-state index is 11.1. The van der Waals surface area contributed by atoms with Crippen molar-refractivity contribution in [3.63, 3.8) is 0 Å². The first kappa shape index (κ1) is 16.8.